The monoisotopic (exact) mass is 364 g/mol. The highest BCUT2D eigenvalue weighted by atomic mass is 79.9. The molecule has 2 aliphatic heterocycles. The summed E-state index contributed by atoms with van der Waals surface area (Å²) in [7, 11) is 0. The smallest absolute Gasteiger partial charge is 0.305 e. The molecule has 2 heterocycles. The fraction of sp³-hybridized carbons (Fsp3) is 0.750. The van der Waals surface area contributed by atoms with Crippen LogP contribution in [-0.4, -0.2) is 62.5 Å². The molecule has 0 aromatic carbocycles. The van der Waals surface area contributed by atoms with Gasteiger partial charge in [-0.05, 0) is 13.8 Å². The molecule has 118 valence electrons. The minimum atomic E-state index is -2.17. The van der Waals surface area contributed by atoms with Gasteiger partial charge < -0.3 is 19.5 Å². The second kappa shape index (κ2) is 5.31. The van der Waals surface area contributed by atoms with Gasteiger partial charge in [-0.15, -0.1) is 6.58 Å². The van der Waals surface area contributed by atoms with E-state index in [4.69, 9.17) is 9.47 Å². The first-order chi connectivity index (χ1) is 9.65. The topological polar surface area (TPSA) is 102 Å². The number of hydrogen-bond acceptors (Lipinski definition) is 6. The van der Waals surface area contributed by atoms with Crippen molar-refractivity contribution in [2.45, 2.75) is 42.3 Å². The van der Waals surface area contributed by atoms with E-state index in [1.165, 1.54) is 11.0 Å². The summed E-state index contributed by atoms with van der Waals surface area (Å²) >= 11 is 2.79. The highest BCUT2D eigenvalue weighted by Gasteiger charge is 2.71. The minimum absolute atomic E-state index is 0.137. The van der Waals surface area contributed by atoms with Crippen LogP contribution in [-0.2, 0) is 14.3 Å². The molecular formula is C12H17BrN2O6. The van der Waals surface area contributed by atoms with Crippen molar-refractivity contribution in [2.24, 2.45) is 0 Å². The summed E-state index contributed by atoms with van der Waals surface area (Å²) < 4.78 is 11.1. The third-order valence-corrected chi connectivity index (χ3v) is 4.68. The van der Waals surface area contributed by atoms with E-state index in [9.17, 15) is 20.0 Å². The van der Waals surface area contributed by atoms with Gasteiger partial charge in [0, 0.05) is 27.4 Å². The van der Waals surface area contributed by atoms with Crippen molar-refractivity contribution in [2.75, 3.05) is 13.2 Å². The fourth-order valence-corrected chi connectivity index (χ4v) is 3.22. The van der Waals surface area contributed by atoms with Crippen molar-refractivity contribution in [1.82, 2.24) is 4.90 Å². The number of likely N-dealkylation sites (tertiary alicyclic amines) is 1. The summed E-state index contributed by atoms with van der Waals surface area (Å²) in [6, 6.07) is -0.875. The Morgan fingerprint density at radius 1 is 1.71 bits per heavy atom. The lowest BCUT2D eigenvalue weighted by Gasteiger charge is -2.53. The van der Waals surface area contributed by atoms with Gasteiger partial charge in [0.2, 0.25) is 5.60 Å². The van der Waals surface area contributed by atoms with Gasteiger partial charge in [0.15, 0.2) is 5.79 Å². The summed E-state index contributed by atoms with van der Waals surface area (Å²) in [4.78, 5) is 22.1. The zero-order valence-electron chi connectivity index (χ0n) is 11.7. The van der Waals surface area contributed by atoms with Crippen LogP contribution < -0.4 is 0 Å². The molecule has 0 aromatic heterocycles. The number of ether oxygens (including phenoxy) is 2. The normalized spacial score (nSPS) is 36.2. The molecule has 0 radical (unpaired) electrons. The van der Waals surface area contributed by atoms with Crippen LogP contribution in [0.3, 0.4) is 0 Å². The van der Waals surface area contributed by atoms with E-state index in [0.29, 0.717) is 0 Å². The number of carbonyl (C=O) groups is 1. The maximum atomic E-state index is 12.1. The van der Waals surface area contributed by atoms with Crippen molar-refractivity contribution in [3.63, 3.8) is 0 Å². The number of β-lactam (4-membered cyclic amide) rings is 1. The first-order valence-corrected chi connectivity index (χ1v) is 7.30. The van der Waals surface area contributed by atoms with Crippen LogP contribution >= 0.6 is 15.9 Å². The molecule has 0 saturated carbocycles. The van der Waals surface area contributed by atoms with Gasteiger partial charge in [-0.2, -0.15) is 0 Å². The van der Waals surface area contributed by atoms with Crippen LogP contribution in [0.4, 0.5) is 0 Å². The number of halogens is 1. The van der Waals surface area contributed by atoms with Gasteiger partial charge in [-0.25, -0.2) is 0 Å². The Kier molecular flexibility index (Phi) is 4.13. The maximum Gasteiger partial charge on any atom is 0.305 e. The Bertz CT molecular complexity index is 484. The summed E-state index contributed by atoms with van der Waals surface area (Å²) in [5, 5.41) is 21.5. The summed E-state index contributed by atoms with van der Waals surface area (Å²) in [5.74, 6) is -1.58. The van der Waals surface area contributed by atoms with Crippen LogP contribution in [0.15, 0.2) is 12.7 Å². The lowest BCUT2D eigenvalue weighted by Crippen LogP contribution is -2.81. The first kappa shape index (κ1) is 16.3. The summed E-state index contributed by atoms with van der Waals surface area (Å²) in [5.41, 5.74) is -2.17. The molecule has 0 unspecified atom stereocenters. The van der Waals surface area contributed by atoms with Crippen molar-refractivity contribution in [1.29, 1.82) is 0 Å². The number of hydrogen-bond donors (Lipinski definition) is 1. The zero-order chi connectivity index (χ0) is 16.0. The van der Waals surface area contributed by atoms with Gasteiger partial charge in [-0.1, -0.05) is 6.08 Å². The zero-order valence-corrected chi connectivity index (χ0v) is 13.3. The molecule has 9 heteroatoms. The van der Waals surface area contributed by atoms with Crippen LogP contribution in [0.2, 0.25) is 0 Å². The molecular weight excluding hydrogens is 348 g/mol. The summed E-state index contributed by atoms with van der Waals surface area (Å²) in [6.45, 7) is 7.24. The predicted octanol–water partition coefficient (Wildman–Crippen LogP) is 0.263. The summed E-state index contributed by atoms with van der Waals surface area (Å²) in [6.07, 6.45) is 0.837. The first-order valence-electron chi connectivity index (χ1n) is 6.39. The molecule has 2 saturated heterocycles. The quantitative estimate of drug-likeness (QED) is 0.187. The fourth-order valence-electron chi connectivity index (χ4n) is 2.75. The Morgan fingerprint density at radius 2 is 2.33 bits per heavy atom. The molecule has 2 aliphatic rings. The van der Waals surface area contributed by atoms with Crippen LogP contribution in [0.25, 0.3) is 0 Å². The molecule has 0 aliphatic carbocycles. The van der Waals surface area contributed by atoms with Crippen LogP contribution in [0, 0.1) is 10.1 Å². The number of aliphatic hydroxyl groups is 1. The highest BCUT2D eigenvalue weighted by molar-refractivity contribution is 9.09. The van der Waals surface area contributed by atoms with E-state index in [1.54, 1.807) is 13.8 Å². The number of amides is 1. The van der Waals surface area contributed by atoms with E-state index in [2.05, 4.69) is 22.5 Å². The second-order valence-corrected chi connectivity index (χ2v) is 6.37. The Morgan fingerprint density at radius 3 is 2.76 bits per heavy atom. The maximum absolute atomic E-state index is 12.1. The Hall–Kier alpha value is -1.03. The van der Waals surface area contributed by atoms with Crippen LogP contribution in [0.1, 0.15) is 13.8 Å². The number of nitrogens with zero attached hydrogens (tertiary/aromatic N) is 2. The molecule has 1 N–H and O–H groups in total. The number of nitro groups is 1. The average Bonchev–Trinajstić information content (AvgIpc) is 2.75. The molecule has 0 aromatic rings. The van der Waals surface area contributed by atoms with Gasteiger partial charge in [0.05, 0.1) is 6.61 Å². The molecule has 8 nitrogen and oxygen atoms in total. The van der Waals surface area contributed by atoms with Crippen molar-refractivity contribution < 1.29 is 24.3 Å². The van der Waals surface area contributed by atoms with Crippen molar-refractivity contribution in [3.8, 4) is 0 Å². The molecule has 1 amide bonds. The van der Waals surface area contributed by atoms with E-state index >= 15 is 0 Å². The van der Waals surface area contributed by atoms with E-state index in [-0.39, 0.29) is 13.2 Å². The number of rotatable bonds is 5. The third kappa shape index (κ3) is 2.48. The van der Waals surface area contributed by atoms with E-state index in [1.807, 2.05) is 0 Å². The molecule has 4 atom stereocenters. The lowest BCUT2D eigenvalue weighted by atomic mass is 9.78. The second-order valence-electron chi connectivity index (χ2n) is 5.50. The minimum Gasteiger partial charge on any atom is -0.372 e. The molecule has 0 spiro atoms. The Labute approximate surface area is 130 Å². The largest absolute Gasteiger partial charge is 0.372 e. The van der Waals surface area contributed by atoms with E-state index in [0.717, 1.165) is 0 Å². The van der Waals surface area contributed by atoms with E-state index < -0.39 is 39.3 Å². The highest BCUT2D eigenvalue weighted by Crippen LogP contribution is 2.42. The van der Waals surface area contributed by atoms with Crippen molar-refractivity contribution >= 4 is 21.8 Å². The van der Waals surface area contributed by atoms with Gasteiger partial charge in [0.1, 0.15) is 12.1 Å². The van der Waals surface area contributed by atoms with Gasteiger partial charge in [0.25, 0.3) is 5.91 Å². The predicted molar refractivity (Wildman–Crippen MR) is 75.3 cm³/mol. The SMILES string of the molecule is C=CCN1C(=O)[C@@](O)([C@@H](Br)[N+](=O)[O-])[C@@H]1[C@H]1COC(C)(C)O1. The molecule has 0 bridgehead atoms. The van der Waals surface area contributed by atoms with Gasteiger partial charge in [-0.3, -0.25) is 14.9 Å². The number of carbonyl (C=O) groups excluding carboxylic acids is 1. The van der Waals surface area contributed by atoms with Crippen molar-refractivity contribution in [3.05, 3.63) is 22.8 Å². The molecule has 2 rings (SSSR count). The Balaban J connectivity index is 2.30. The van der Waals surface area contributed by atoms with Crippen LogP contribution in [0.5, 0.6) is 0 Å². The number of alkyl halides is 1. The lowest BCUT2D eigenvalue weighted by molar-refractivity contribution is -0.517. The third-order valence-electron chi connectivity index (χ3n) is 3.65. The van der Waals surface area contributed by atoms with Gasteiger partial charge >= 0.3 is 4.95 Å². The average molecular weight is 365 g/mol. The molecule has 2 fully saturated rings. The standard InChI is InChI=1S/C12H17BrN2O6/c1-4-5-14-8(7-6-20-11(2,3)21-7)12(17,10(14)16)9(13)15(18)19/h4,7-9,17H,1,5-6H2,2-3H3/t7-,8+,9+,12+/m1/s1. The molecule has 21 heavy (non-hydrogen) atoms.